The number of fused-ring (bicyclic) bond motifs is 2. The fraction of sp³-hybridized carbons (Fsp3) is 0. The highest BCUT2D eigenvalue weighted by molar-refractivity contribution is 7.99. The molecule has 0 fully saturated rings. The van der Waals surface area contributed by atoms with Gasteiger partial charge in [0.2, 0.25) is 0 Å². The molecule has 6 heteroatoms. The summed E-state index contributed by atoms with van der Waals surface area (Å²) in [5.41, 5.74) is 2.70. The van der Waals surface area contributed by atoms with Crippen LogP contribution >= 0.6 is 35.3 Å². The van der Waals surface area contributed by atoms with Crippen molar-refractivity contribution in [3.8, 4) is 0 Å². The SMILES string of the molecule is O=C(c1cccs1)N(C(=S)N1c2ccccc2Sc2ccccc21)c1ccccc1. The Balaban J connectivity index is 1.67. The molecular weight excluding hydrogens is 428 g/mol. The van der Waals surface area contributed by atoms with Crippen molar-refractivity contribution in [1.29, 1.82) is 0 Å². The van der Waals surface area contributed by atoms with E-state index < -0.39 is 0 Å². The molecule has 1 aliphatic heterocycles. The quantitative estimate of drug-likeness (QED) is 0.311. The normalized spacial score (nSPS) is 12.1. The van der Waals surface area contributed by atoms with Crippen molar-refractivity contribution in [1.82, 2.24) is 0 Å². The van der Waals surface area contributed by atoms with Gasteiger partial charge in [-0.15, -0.1) is 11.3 Å². The van der Waals surface area contributed by atoms with Crippen LogP contribution in [-0.2, 0) is 0 Å². The van der Waals surface area contributed by atoms with E-state index in [1.807, 2.05) is 89.1 Å². The molecule has 0 N–H and O–H groups in total. The summed E-state index contributed by atoms with van der Waals surface area (Å²) >= 11 is 9.14. The van der Waals surface area contributed by atoms with E-state index in [2.05, 4.69) is 12.1 Å². The van der Waals surface area contributed by atoms with Crippen LogP contribution in [0.5, 0.6) is 0 Å². The second kappa shape index (κ2) is 8.07. The Hall–Kier alpha value is -2.93. The van der Waals surface area contributed by atoms with Crippen molar-refractivity contribution in [2.75, 3.05) is 9.80 Å². The van der Waals surface area contributed by atoms with Crippen LogP contribution in [0.2, 0.25) is 0 Å². The first-order valence-electron chi connectivity index (χ1n) is 9.37. The minimum Gasteiger partial charge on any atom is -0.285 e. The van der Waals surface area contributed by atoms with Crippen LogP contribution in [-0.4, -0.2) is 11.0 Å². The lowest BCUT2D eigenvalue weighted by atomic mass is 10.2. The zero-order valence-electron chi connectivity index (χ0n) is 15.8. The second-order valence-corrected chi connectivity index (χ2v) is 9.01. The maximum Gasteiger partial charge on any atom is 0.274 e. The first-order valence-corrected chi connectivity index (χ1v) is 11.5. The summed E-state index contributed by atoms with van der Waals surface area (Å²) in [6.45, 7) is 0. The Labute approximate surface area is 188 Å². The van der Waals surface area contributed by atoms with Gasteiger partial charge in [0.1, 0.15) is 0 Å². The Morgan fingerprint density at radius 3 is 1.97 bits per heavy atom. The number of carbonyl (C=O) groups excluding carboxylic acids is 1. The number of hydrogen-bond acceptors (Lipinski definition) is 4. The summed E-state index contributed by atoms with van der Waals surface area (Å²) < 4.78 is 0. The molecule has 1 aromatic heterocycles. The predicted octanol–water partition coefficient (Wildman–Crippen LogP) is 6.98. The van der Waals surface area contributed by atoms with Gasteiger partial charge in [0.15, 0.2) is 5.11 Å². The summed E-state index contributed by atoms with van der Waals surface area (Å²) in [6.07, 6.45) is 0. The zero-order chi connectivity index (χ0) is 20.5. The summed E-state index contributed by atoms with van der Waals surface area (Å²) in [5.74, 6) is -0.130. The maximum atomic E-state index is 13.5. The van der Waals surface area contributed by atoms with Crippen LogP contribution < -0.4 is 9.80 Å². The van der Waals surface area contributed by atoms with E-state index in [0.29, 0.717) is 9.99 Å². The van der Waals surface area contributed by atoms with Gasteiger partial charge in [-0.1, -0.05) is 60.3 Å². The third-order valence-electron chi connectivity index (χ3n) is 4.76. The molecule has 3 nitrogen and oxygen atoms in total. The largest absolute Gasteiger partial charge is 0.285 e. The van der Waals surface area contributed by atoms with Gasteiger partial charge in [-0.3, -0.25) is 14.6 Å². The number of rotatable bonds is 2. The molecule has 0 saturated heterocycles. The van der Waals surface area contributed by atoms with Crippen LogP contribution in [0.4, 0.5) is 17.1 Å². The summed E-state index contributed by atoms with van der Waals surface area (Å²) in [4.78, 5) is 20.0. The Bertz CT molecular complexity index is 1180. The van der Waals surface area contributed by atoms with Gasteiger partial charge in [-0.25, -0.2) is 0 Å². The van der Waals surface area contributed by atoms with Crippen molar-refractivity contribution >= 4 is 63.4 Å². The number of para-hydroxylation sites is 3. The molecular formula is C24H16N2OS3. The van der Waals surface area contributed by atoms with E-state index in [1.165, 1.54) is 11.3 Å². The minimum absolute atomic E-state index is 0.130. The van der Waals surface area contributed by atoms with E-state index in [-0.39, 0.29) is 5.91 Å². The first kappa shape index (κ1) is 19.1. The average Bonchev–Trinajstić information content (AvgIpc) is 3.33. The number of thiocarbonyl (C=S) groups is 1. The zero-order valence-corrected chi connectivity index (χ0v) is 18.2. The van der Waals surface area contributed by atoms with Crippen LogP contribution in [0.1, 0.15) is 9.67 Å². The van der Waals surface area contributed by atoms with Gasteiger partial charge in [-0.05, 0) is 60.1 Å². The molecule has 30 heavy (non-hydrogen) atoms. The molecule has 5 rings (SSSR count). The molecule has 3 aromatic carbocycles. The van der Waals surface area contributed by atoms with E-state index in [0.717, 1.165) is 26.9 Å². The van der Waals surface area contributed by atoms with Crippen LogP contribution in [0.15, 0.2) is 106 Å². The molecule has 0 radical (unpaired) electrons. The number of nitrogens with zero attached hydrogens (tertiary/aromatic N) is 2. The van der Waals surface area contributed by atoms with Crippen molar-refractivity contribution in [3.63, 3.8) is 0 Å². The van der Waals surface area contributed by atoms with Gasteiger partial charge < -0.3 is 0 Å². The number of anilines is 3. The highest BCUT2D eigenvalue weighted by Crippen LogP contribution is 2.48. The van der Waals surface area contributed by atoms with E-state index in [9.17, 15) is 4.79 Å². The van der Waals surface area contributed by atoms with E-state index >= 15 is 0 Å². The van der Waals surface area contributed by atoms with Crippen LogP contribution in [0.3, 0.4) is 0 Å². The third-order valence-corrected chi connectivity index (χ3v) is 7.12. The predicted molar refractivity (Wildman–Crippen MR) is 129 cm³/mol. The van der Waals surface area contributed by atoms with Crippen molar-refractivity contribution < 1.29 is 4.79 Å². The van der Waals surface area contributed by atoms with Gasteiger partial charge in [0.25, 0.3) is 5.91 Å². The maximum absolute atomic E-state index is 13.5. The minimum atomic E-state index is -0.130. The molecule has 0 atom stereocenters. The molecule has 0 aliphatic carbocycles. The van der Waals surface area contributed by atoms with E-state index in [1.54, 1.807) is 16.7 Å². The average molecular weight is 445 g/mol. The lowest BCUT2D eigenvalue weighted by Gasteiger charge is -2.36. The van der Waals surface area contributed by atoms with Gasteiger partial charge >= 0.3 is 0 Å². The monoisotopic (exact) mass is 444 g/mol. The second-order valence-electron chi connectivity index (χ2n) is 6.61. The summed E-state index contributed by atoms with van der Waals surface area (Å²) in [5, 5.41) is 2.33. The molecule has 146 valence electrons. The van der Waals surface area contributed by atoms with Crippen molar-refractivity contribution in [2.24, 2.45) is 0 Å². The molecule has 2 heterocycles. The van der Waals surface area contributed by atoms with Gasteiger partial charge in [0.05, 0.1) is 21.9 Å². The van der Waals surface area contributed by atoms with Crippen molar-refractivity contribution in [3.05, 3.63) is 101 Å². The molecule has 0 bridgehead atoms. The van der Waals surface area contributed by atoms with Crippen molar-refractivity contribution in [2.45, 2.75) is 9.79 Å². The molecule has 4 aromatic rings. The van der Waals surface area contributed by atoms with Crippen LogP contribution in [0.25, 0.3) is 0 Å². The molecule has 0 spiro atoms. The summed E-state index contributed by atoms with van der Waals surface area (Å²) in [7, 11) is 0. The highest BCUT2D eigenvalue weighted by Gasteiger charge is 2.32. The van der Waals surface area contributed by atoms with Gasteiger partial charge in [0, 0.05) is 9.79 Å². The number of amides is 1. The first-order chi connectivity index (χ1) is 14.7. The Morgan fingerprint density at radius 2 is 1.37 bits per heavy atom. The molecule has 0 saturated carbocycles. The number of thiophene rings is 1. The number of hydrogen-bond donors (Lipinski definition) is 0. The van der Waals surface area contributed by atoms with E-state index in [4.69, 9.17) is 12.2 Å². The smallest absolute Gasteiger partial charge is 0.274 e. The lowest BCUT2D eigenvalue weighted by molar-refractivity contribution is 0.101. The standard InChI is InChI=1S/C24H16N2OS3/c27-23(22-15-8-16-29-22)25(17-9-2-1-3-10-17)24(28)26-18-11-4-6-13-20(18)30-21-14-7-5-12-19(21)26/h1-16H. The molecule has 1 aliphatic rings. The topological polar surface area (TPSA) is 23.6 Å². The van der Waals surface area contributed by atoms with Crippen LogP contribution in [0, 0.1) is 0 Å². The fourth-order valence-corrected chi connectivity index (χ4v) is 5.51. The third kappa shape index (κ3) is 3.33. The Morgan fingerprint density at radius 1 is 0.767 bits per heavy atom. The lowest BCUT2D eigenvalue weighted by Crippen LogP contribution is -2.45. The van der Waals surface area contributed by atoms with Gasteiger partial charge in [-0.2, -0.15) is 0 Å². The highest BCUT2D eigenvalue weighted by atomic mass is 32.2. The Kier molecular flexibility index (Phi) is 5.12. The number of benzene rings is 3. The number of carbonyl (C=O) groups is 1. The fourth-order valence-electron chi connectivity index (χ4n) is 3.41. The molecule has 0 unspecified atom stereocenters. The molecule has 1 amide bonds. The summed E-state index contributed by atoms with van der Waals surface area (Å²) in [6, 6.07) is 29.6.